The number of piperazine rings is 1. The van der Waals surface area contributed by atoms with Crippen molar-refractivity contribution in [3.8, 4) is 0 Å². The van der Waals surface area contributed by atoms with Crippen molar-refractivity contribution in [2.75, 3.05) is 39.3 Å². The molecule has 1 amide bonds. The van der Waals surface area contributed by atoms with Crippen LogP contribution in [0.5, 0.6) is 0 Å². The maximum absolute atomic E-state index is 12.6. The molecule has 3 heterocycles. The number of aryl methyl sites for hydroxylation is 1. The number of sulfonamides is 1. The predicted molar refractivity (Wildman–Crippen MR) is 119 cm³/mol. The number of carbonyl (C=O) groups is 1. The van der Waals surface area contributed by atoms with E-state index in [0.717, 1.165) is 51.1 Å². The van der Waals surface area contributed by atoms with Crippen LogP contribution in [-0.2, 0) is 27.8 Å². The van der Waals surface area contributed by atoms with Crippen molar-refractivity contribution in [3.05, 3.63) is 59.9 Å². The van der Waals surface area contributed by atoms with Crippen molar-refractivity contribution in [1.29, 1.82) is 0 Å². The number of rotatable bonds is 7. The van der Waals surface area contributed by atoms with Crippen LogP contribution in [0.2, 0.25) is 0 Å². The van der Waals surface area contributed by atoms with Gasteiger partial charge in [-0.1, -0.05) is 12.1 Å². The van der Waals surface area contributed by atoms with Gasteiger partial charge in [-0.3, -0.25) is 14.7 Å². The van der Waals surface area contributed by atoms with E-state index in [9.17, 15) is 13.2 Å². The fourth-order valence-electron chi connectivity index (χ4n) is 4.22. The molecule has 0 N–H and O–H groups in total. The van der Waals surface area contributed by atoms with Crippen molar-refractivity contribution >= 4 is 15.9 Å². The second kappa shape index (κ2) is 9.89. The van der Waals surface area contributed by atoms with Crippen LogP contribution in [0.25, 0.3) is 0 Å². The quantitative estimate of drug-likeness (QED) is 0.657. The van der Waals surface area contributed by atoms with E-state index < -0.39 is 10.0 Å². The van der Waals surface area contributed by atoms with Crippen LogP contribution in [-0.4, -0.2) is 72.7 Å². The number of benzene rings is 1. The average Bonchev–Trinajstić information content (AvgIpc) is 3.35. The highest BCUT2D eigenvalue weighted by molar-refractivity contribution is 7.89. The summed E-state index contributed by atoms with van der Waals surface area (Å²) < 4.78 is 26.8. The SMILES string of the molecule is O=C(CCc1ccc(S(=O)(=O)N2CCCC2)cc1)N1CCN(Cc2ccncc2)CC1. The van der Waals surface area contributed by atoms with Gasteiger partial charge in [-0.05, 0) is 54.7 Å². The predicted octanol–water partition coefficient (Wildman–Crippen LogP) is 2.14. The summed E-state index contributed by atoms with van der Waals surface area (Å²) in [5.41, 5.74) is 2.23. The topological polar surface area (TPSA) is 73.8 Å². The highest BCUT2D eigenvalue weighted by Crippen LogP contribution is 2.21. The Morgan fingerprint density at radius 3 is 2.13 bits per heavy atom. The Morgan fingerprint density at radius 1 is 0.839 bits per heavy atom. The van der Waals surface area contributed by atoms with Gasteiger partial charge in [0.15, 0.2) is 0 Å². The molecule has 2 saturated heterocycles. The number of carbonyl (C=O) groups excluding carboxylic acids is 1. The minimum Gasteiger partial charge on any atom is -0.340 e. The summed E-state index contributed by atoms with van der Waals surface area (Å²) in [6.07, 6.45) is 6.55. The number of pyridine rings is 1. The van der Waals surface area contributed by atoms with Gasteiger partial charge in [-0.15, -0.1) is 0 Å². The number of nitrogens with zero attached hydrogens (tertiary/aromatic N) is 4. The molecule has 0 saturated carbocycles. The molecular weight excluding hydrogens is 412 g/mol. The minimum absolute atomic E-state index is 0.164. The Morgan fingerprint density at radius 2 is 1.48 bits per heavy atom. The van der Waals surface area contributed by atoms with Gasteiger partial charge in [-0.25, -0.2) is 8.42 Å². The Hall–Kier alpha value is -2.29. The van der Waals surface area contributed by atoms with E-state index in [2.05, 4.69) is 9.88 Å². The van der Waals surface area contributed by atoms with Gasteiger partial charge >= 0.3 is 0 Å². The van der Waals surface area contributed by atoms with Gasteiger partial charge in [0.25, 0.3) is 0 Å². The maximum atomic E-state index is 12.6. The summed E-state index contributed by atoms with van der Waals surface area (Å²) >= 11 is 0. The summed E-state index contributed by atoms with van der Waals surface area (Å²) in [7, 11) is -3.38. The van der Waals surface area contributed by atoms with E-state index in [-0.39, 0.29) is 5.91 Å². The maximum Gasteiger partial charge on any atom is 0.243 e. The Kier molecular flexibility index (Phi) is 6.99. The van der Waals surface area contributed by atoms with Crippen LogP contribution < -0.4 is 0 Å². The molecule has 31 heavy (non-hydrogen) atoms. The largest absolute Gasteiger partial charge is 0.340 e. The lowest BCUT2D eigenvalue weighted by molar-refractivity contribution is -0.133. The van der Waals surface area contributed by atoms with E-state index in [0.29, 0.717) is 30.8 Å². The normalized spacial score (nSPS) is 18.4. The molecule has 1 aromatic heterocycles. The molecule has 0 spiro atoms. The first kappa shape index (κ1) is 21.9. The molecule has 0 bridgehead atoms. The van der Waals surface area contributed by atoms with Crippen LogP contribution in [0.3, 0.4) is 0 Å². The Balaban J connectivity index is 1.24. The molecule has 2 aromatic rings. The summed E-state index contributed by atoms with van der Waals surface area (Å²) in [6.45, 7) is 5.34. The zero-order valence-corrected chi connectivity index (χ0v) is 18.6. The molecule has 2 aliphatic rings. The van der Waals surface area contributed by atoms with Gasteiger partial charge in [0.05, 0.1) is 4.90 Å². The third-order valence-corrected chi connectivity index (χ3v) is 8.05. The highest BCUT2D eigenvalue weighted by Gasteiger charge is 2.27. The minimum atomic E-state index is -3.38. The summed E-state index contributed by atoms with van der Waals surface area (Å²) in [6, 6.07) is 11.1. The summed E-state index contributed by atoms with van der Waals surface area (Å²) in [5, 5.41) is 0. The van der Waals surface area contributed by atoms with Crippen molar-refractivity contribution in [3.63, 3.8) is 0 Å². The van der Waals surface area contributed by atoms with Crippen LogP contribution in [0, 0.1) is 0 Å². The van der Waals surface area contributed by atoms with Gasteiger partial charge in [0, 0.05) is 64.6 Å². The third kappa shape index (κ3) is 5.50. The van der Waals surface area contributed by atoms with Crippen molar-refractivity contribution in [2.24, 2.45) is 0 Å². The van der Waals surface area contributed by atoms with Crippen LogP contribution in [0.4, 0.5) is 0 Å². The molecule has 0 unspecified atom stereocenters. The van der Waals surface area contributed by atoms with Gasteiger partial charge in [0.1, 0.15) is 0 Å². The fraction of sp³-hybridized carbons (Fsp3) is 0.478. The zero-order chi connectivity index (χ0) is 21.7. The number of hydrogen-bond donors (Lipinski definition) is 0. The lowest BCUT2D eigenvalue weighted by Gasteiger charge is -2.34. The van der Waals surface area contributed by atoms with Crippen LogP contribution in [0.1, 0.15) is 30.4 Å². The second-order valence-electron chi connectivity index (χ2n) is 8.27. The molecule has 2 fully saturated rings. The first-order chi connectivity index (χ1) is 15.0. The lowest BCUT2D eigenvalue weighted by Crippen LogP contribution is -2.48. The second-order valence-corrected chi connectivity index (χ2v) is 10.2. The number of aromatic nitrogens is 1. The van der Waals surface area contributed by atoms with E-state index >= 15 is 0 Å². The lowest BCUT2D eigenvalue weighted by atomic mass is 10.1. The third-order valence-electron chi connectivity index (χ3n) is 6.13. The first-order valence-electron chi connectivity index (χ1n) is 11.0. The molecule has 0 radical (unpaired) electrons. The molecule has 0 aliphatic carbocycles. The molecule has 0 atom stereocenters. The molecule has 7 nitrogen and oxygen atoms in total. The van der Waals surface area contributed by atoms with Crippen LogP contribution >= 0.6 is 0 Å². The van der Waals surface area contributed by atoms with E-state index in [1.165, 1.54) is 5.56 Å². The summed E-state index contributed by atoms with van der Waals surface area (Å²) in [4.78, 5) is 21.3. The Labute approximate surface area is 184 Å². The van der Waals surface area contributed by atoms with Crippen LogP contribution in [0.15, 0.2) is 53.7 Å². The van der Waals surface area contributed by atoms with Gasteiger partial charge < -0.3 is 4.90 Å². The van der Waals surface area contributed by atoms with Crippen molar-refractivity contribution in [1.82, 2.24) is 19.1 Å². The molecule has 4 rings (SSSR count). The molecule has 166 valence electrons. The van der Waals surface area contributed by atoms with Gasteiger partial charge in [0.2, 0.25) is 15.9 Å². The molecule has 8 heteroatoms. The zero-order valence-electron chi connectivity index (χ0n) is 17.8. The molecule has 1 aromatic carbocycles. The van der Waals surface area contributed by atoms with E-state index in [4.69, 9.17) is 0 Å². The Bertz CT molecular complexity index is 966. The standard InChI is InChI=1S/C23H30N4O3S/c28-23(26-17-15-25(16-18-26)19-21-9-11-24-12-10-21)8-5-20-3-6-22(7-4-20)31(29,30)27-13-1-2-14-27/h3-4,6-7,9-12H,1-2,5,8,13-19H2. The molecular formula is C23H30N4O3S. The van der Waals surface area contributed by atoms with E-state index in [1.54, 1.807) is 16.4 Å². The highest BCUT2D eigenvalue weighted by atomic mass is 32.2. The van der Waals surface area contributed by atoms with Crippen molar-refractivity contribution < 1.29 is 13.2 Å². The molecule has 2 aliphatic heterocycles. The first-order valence-corrected chi connectivity index (χ1v) is 12.4. The van der Waals surface area contributed by atoms with Gasteiger partial charge in [-0.2, -0.15) is 4.31 Å². The average molecular weight is 443 g/mol. The van der Waals surface area contributed by atoms with E-state index in [1.807, 2.05) is 41.6 Å². The fourth-order valence-corrected chi connectivity index (χ4v) is 5.73. The number of amides is 1. The number of hydrogen-bond acceptors (Lipinski definition) is 5. The summed E-state index contributed by atoms with van der Waals surface area (Å²) in [5.74, 6) is 0.164. The smallest absolute Gasteiger partial charge is 0.243 e. The van der Waals surface area contributed by atoms with Crippen molar-refractivity contribution in [2.45, 2.75) is 37.1 Å². The monoisotopic (exact) mass is 442 g/mol.